The van der Waals surface area contributed by atoms with Gasteiger partial charge in [-0.15, -0.1) is 12.4 Å². The molecule has 0 aliphatic rings. The van der Waals surface area contributed by atoms with Crippen molar-refractivity contribution in [2.24, 2.45) is 0 Å². The lowest BCUT2D eigenvalue weighted by molar-refractivity contribution is -0.115. The molecule has 0 saturated carbocycles. The number of carbonyl (C=O) groups is 3. The van der Waals surface area contributed by atoms with Crippen molar-refractivity contribution in [3.8, 4) is 0 Å². The molecule has 1 aromatic rings. The van der Waals surface area contributed by atoms with Crippen LogP contribution in [0, 0.1) is 0 Å². The van der Waals surface area contributed by atoms with E-state index < -0.39 is 0 Å². The zero-order valence-corrected chi connectivity index (χ0v) is 15.0. The SMILES string of the molecule is CCCNCCNC(=O)c1cc(NC(C)=O)cc(NC(C)=O)c1.Cl. The topological polar surface area (TPSA) is 99.3 Å². The summed E-state index contributed by atoms with van der Waals surface area (Å²) in [6, 6.07) is 4.74. The summed E-state index contributed by atoms with van der Waals surface area (Å²) >= 11 is 0. The first-order chi connectivity index (χ1) is 10.9. The standard InChI is InChI=1S/C16H24N4O3.ClH/c1-4-5-17-6-7-18-16(23)13-8-14(19-11(2)21)10-15(9-13)20-12(3)22;/h8-10,17H,4-7H2,1-3H3,(H,18,23)(H,19,21)(H,20,22);1H. The van der Waals surface area contributed by atoms with Crippen molar-refractivity contribution in [2.45, 2.75) is 27.2 Å². The lowest BCUT2D eigenvalue weighted by Gasteiger charge is -2.11. The van der Waals surface area contributed by atoms with Crippen LogP contribution in [0.4, 0.5) is 11.4 Å². The summed E-state index contributed by atoms with van der Waals surface area (Å²) in [6.07, 6.45) is 1.03. The van der Waals surface area contributed by atoms with Crippen LogP contribution in [0.15, 0.2) is 18.2 Å². The van der Waals surface area contributed by atoms with E-state index in [2.05, 4.69) is 28.2 Å². The molecule has 24 heavy (non-hydrogen) atoms. The summed E-state index contributed by atoms with van der Waals surface area (Å²) in [5, 5.41) is 11.2. The summed E-state index contributed by atoms with van der Waals surface area (Å²) in [7, 11) is 0. The van der Waals surface area contributed by atoms with Gasteiger partial charge in [0.05, 0.1) is 0 Å². The van der Waals surface area contributed by atoms with E-state index in [9.17, 15) is 14.4 Å². The second-order valence-corrected chi connectivity index (χ2v) is 5.17. The molecule has 0 fully saturated rings. The first kappa shape index (κ1) is 21.9. The average molecular weight is 357 g/mol. The van der Waals surface area contributed by atoms with Gasteiger partial charge in [-0.2, -0.15) is 0 Å². The fourth-order valence-corrected chi connectivity index (χ4v) is 1.98. The summed E-state index contributed by atoms with van der Waals surface area (Å²) < 4.78 is 0. The fourth-order valence-electron chi connectivity index (χ4n) is 1.98. The number of halogens is 1. The fraction of sp³-hybridized carbons (Fsp3) is 0.438. The lowest BCUT2D eigenvalue weighted by atomic mass is 10.1. The molecule has 0 aliphatic heterocycles. The Morgan fingerprint density at radius 1 is 0.875 bits per heavy atom. The molecule has 8 heteroatoms. The molecule has 0 bridgehead atoms. The Bertz CT molecular complexity index is 544. The highest BCUT2D eigenvalue weighted by Crippen LogP contribution is 2.19. The molecule has 0 atom stereocenters. The van der Waals surface area contributed by atoms with Gasteiger partial charge in [0.25, 0.3) is 5.91 Å². The van der Waals surface area contributed by atoms with E-state index >= 15 is 0 Å². The van der Waals surface area contributed by atoms with Crippen molar-refractivity contribution in [1.82, 2.24) is 10.6 Å². The lowest BCUT2D eigenvalue weighted by Crippen LogP contribution is -2.32. The van der Waals surface area contributed by atoms with Crippen LogP contribution in [0.25, 0.3) is 0 Å². The minimum atomic E-state index is -0.262. The van der Waals surface area contributed by atoms with Gasteiger partial charge < -0.3 is 21.3 Å². The van der Waals surface area contributed by atoms with Crippen molar-refractivity contribution >= 4 is 41.5 Å². The smallest absolute Gasteiger partial charge is 0.251 e. The third kappa shape index (κ3) is 8.50. The molecule has 1 aromatic carbocycles. The van der Waals surface area contributed by atoms with Crippen LogP contribution in [-0.2, 0) is 9.59 Å². The van der Waals surface area contributed by atoms with Gasteiger partial charge in [-0.05, 0) is 31.2 Å². The number of hydrogen-bond acceptors (Lipinski definition) is 4. The quantitative estimate of drug-likeness (QED) is 0.533. The van der Waals surface area contributed by atoms with Gasteiger partial charge in [-0.1, -0.05) is 6.92 Å². The maximum Gasteiger partial charge on any atom is 0.251 e. The Balaban J connectivity index is 0.00000529. The molecular formula is C16H25ClN4O3. The predicted octanol–water partition coefficient (Wildman–Crippen LogP) is 1.75. The number of hydrogen-bond donors (Lipinski definition) is 4. The van der Waals surface area contributed by atoms with Gasteiger partial charge in [-0.25, -0.2) is 0 Å². The van der Waals surface area contributed by atoms with E-state index in [4.69, 9.17) is 0 Å². The first-order valence-corrected chi connectivity index (χ1v) is 7.61. The second kappa shape index (κ2) is 11.4. The molecule has 0 radical (unpaired) electrons. The zero-order chi connectivity index (χ0) is 17.2. The van der Waals surface area contributed by atoms with E-state index in [0.29, 0.717) is 30.0 Å². The summed E-state index contributed by atoms with van der Waals surface area (Å²) in [6.45, 7) is 6.92. The van der Waals surface area contributed by atoms with Crippen LogP contribution in [0.5, 0.6) is 0 Å². The minimum Gasteiger partial charge on any atom is -0.351 e. The third-order valence-electron chi connectivity index (χ3n) is 2.85. The summed E-state index contributed by atoms with van der Waals surface area (Å²) in [4.78, 5) is 34.6. The Hall–Kier alpha value is -2.12. The molecule has 134 valence electrons. The van der Waals surface area contributed by atoms with Crippen LogP contribution in [0.2, 0.25) is 0 Å². The maximum absolute atomic E-state index is 12.2. The molecule has 1 rings (SSSR count). The molecule has 0 aliphatic carbocycles. The third-order valence-corrected chi connectivity index (χ3v) is 2.85. The van der Waals surface area contributed by atoms with Gasteiger partial charge in [0, 0.05) is 43.9 Å². The highest BCUT2D eigenvalue weighted by atomic mass is 35.5. The molecule has 4 N–H and O–H groups in total. The Morgan fingerprint density at radius 3 is 1.88 bits per heavy atom. The van der Waals surface area contributed by atoms with Crippen LogP contribution in [0.1, 0.15) is 37.6 Å². The van der Waals surface area contributed by atoms with Gasteiger partial charge in [0.15, 0.2) is 0 Å². The van der Waals surface area contributed by atoms with Gasteiger partial charge in [-0.3, -0.25) is 14.4 Å². The number of benzene rings is 1. The Labute approximate surface area is 148 Å². The molecule has 7 nitrogen and oxygen atoms in total. The van der Waals surface area contributed by atoms with Crippen molar-refractivity contribution in [1.29, 1.82) is 0 Å². The molecule has 0 heterocycles. The average Bonchev–Trinajstić information content (AvgIpc) is 2.45. The number of nitrogens with one attached hydrogen (secondary N) is 4. The van der Waals surface area contributed by atoms with E-state index in [-0.39, 0.29) is 30.1 Å². The largest absolute Gasteiger partial charge is 0.351 e. The number of rotatable bonds is 8. The van der Waals surface area contributed by atoms with Crippen molar-refractivity contribution in [3.05, 3.63) is 23.8 Å². The van der Waals surface area contributed by atoms with Gasteiger partial charge in [0.1, 0.15) is 0 Å². The molecule has 0 unspecified atom stereocenters. The molecular weight excluding hydrogens is 332 g/mol. The summed E-state index contributed by atoms with van der Waals surface area (Å²) in [5.74, 6) is -0.762. The van der Waals surface area contributed by atoms with E-state index in [1.54, 1.807) is 18.2 Å². The molecule has 3 amide bonds. The monoisotopic (exact) mass is 356 g/mol. The molecule has 0 aromatic heterocycles. The highest BCUT2D eigenvalue weighted by molar-refractivity contribution is 5.99. The highest BCUT2D eigenvalue weighted by Gasteiger charge is 2.10. The van der Waals surface area contributed by atoms with E-state index in [1.165, 1.54) is 13.8 Å². The Kier molecular flexibility index (Phi) is 10.4. The first-order valence-electron chi connectivity index (χ1n) is 7.61. The number of carbonyl (C=O) groups excluding carboxylic acids is 3. The zero-order valence-electron chi connectivity index (χ0n) is 14.2. The van der Waals surface area contributed by atoms with Crippen LogP contribution >= 0.6 is 12.4 Å². The van der Waals surface area contributed by atoms with Gasteiger partial charge >= 0.3 is 0 Å². The van der Waals surface area contributed by atoms with Crippen molar-refractivity contribution < 1.29 is 14.4 Å². The van der Waals surface area contributed by atoms with Gasteiger partial charge in [0.2, 0.25) is 11.8 Å². The molecule has 0 spiro atoms. The second-order valence-electron chi connectivity index (χ2n) is 5.17. The normalized spacial score (nSPS) is 9.62. The van der Waals surface area contributed by atoms with Crippen LogP contribution < -0.4 is 21.3 Å². The number of amides is 3. The van der Waals surface area contributed by atoms with E-state index in [1.807, 2.05) is 0 Å². The predicted molar refractivity (Wildman–Crippen MR) is 97.8 cm³/mol. The minimum absolute atomic E-state index is 0. The van der Waals surface area contributed by atoms with Crippen LogP contribution in [0.3, 0.4) is 0 Å². The van der Waals surface area contributed by atoms with Crippen LogP contribution in [-0.4, -0.2) is 37.4 Å². The Morgan fingerprint density at radius 2 is 1.42 bits per heavy atom. The molecule has 0 saturated heterocycles. The maximum atomic E-state index is 12.2. The summed E-state index contributed by atoms with van der Waals surface area (Å²) in [5.41, 5.74) is 1.28. The van der Waals surface area contributed by atoms with Crippen molar-refractivity contribution in [3.63, 3.8) is 0 Å². The number of anilines is 2. The van der Waals surface area contributed by atoms with E-state index in [0.717, 1.165) is 13.0 Å². The van der Waals surface area contributed by atoms with Crippen molar-refractivity contribution in [2.75, 3.05) is 30.3 Å².